The Morgan fingerprint density at radius 1 is 1.44 bits per heavy atom. The number of urea groups is 1. The van der Waals surface area contributed by atoms with E-state index in [2.05, 4.69) is 15.1 Å². The molecule has 0 aromatic carbocycles. The molecule has 3 atom stereocenters. The fourth-order valence-corrected chi connectivity index (χ4v) is 3.50. The van der Waals surface area contributed by atoms with Crippen LogP contribution in [0.25, 0.3) is 0 Å². The maximum Gasteiger partial charge on any atom is 0.418 e. The Morgan fingerprint density at radius 3 is 2.92 bits per heavy atom. The maximum absolute atomic E-state index is 12.3. The van der Waals surface area contributed by atoms with E-state index in [9.17, 15) is 18.0 Å². The van der Waals surface area contributed by atoms with E-state index in [1.165, 1.54) is 4.90 Å². The number of ether oxygens (including phenoxy) is 1. The lowest BCUT2D eigenvalue weighted by atomic mass is 10.0. The topological polar surface area (TPSA) is 147 Å². The van der Waals surface area contributed by atoms with Crippen LogP contribution in [-0.4, -0.2) is 85.9 Å². The van der Waals surface area contributed by atoms with Gasteiger partial charge in [-0.1, -0.05) is 0 Å². The third kappa shape index (κ3) is 4.37. The van der Waals surface area contributed by atoms with Gasteiger partial charge in [0.1, 0.15) is 6.04 Å². The quantitative estimate of drug-likeness (QED) is 0.352. The highest BCUT2D eigenvalue weighted by molar-refractivity contribution is 7.80. The van der Waals surface area contributed by atoms with Gasteiger partial charge in [0.05, 0.1) is 31.9 Å². The van der Waals surface area contributed by atoms with Gasteiger partial charge in [-0.05, 0) is 12.8 Å². The number of amides is 3. The summed E-state index contributed by atoms with van der Waals surface area (Å²) >= 11 is 0. The number of morpholine rings is 1. The molecule has 3 aliphatic heterocycles. The molecule has 3 amide bonds. The van der Waals surface area contributed by atoms with Crippen molar-refractivity contribution in [1.29, 1.82) is 0 Å². The summed E-state index contributed by atoms with van der Waals surface area (Å²) in [7, 11) is -4.81. The molecule has 13 heteroatoms. The van der Waals surface area contributed by atoms with Crippen molar-refractivity contribution < 1.29 is 36.4 Å². The molecule has 2 bridgehead atoms. The van der Waals surface area contributed by atoms with Crippen molar-refractivity contribution >= 4 is 22.3 Å². The Balaban J connectivity index is 1.51. The zero-order valence-corrected chi connectivity index (χ0v) is 14.1. The Morgan fingerprint density at radius 2 is 2.24 bits per heavy atom. The Bertz CT molecular complexity index is 623. The number of nitrogens with one attached hydrogen (secondary N) is 2. The zero-order chi connectivity index (χ0) is 18.0. The van der Waals surface area contributed by atoms with Gasteiger partial charge in [0.2, 0.25) is 0 Å². The van der Waals surface area contributed by atoms with E-state index in [1.54, 1.807) is 0 Å². The molecule has 3 N–H and O–H groups in total. The summed E-state index contributed by atoms with van der Waals surface area (Å²) < 4.78 is 40.0. The van der Waals surface area contributed by atoms with Gasteiger partial charge in [-0.3, -0.25) is 14.2 Å². The predicted octanol–water partition coefficient (Wildman–Crippen LogP) is -1.97. The standard InChI is InChI=1S/C12H20N4O8S/c17-11(14-23-7-8-6-22-4-3-13-8)10-2-1-9-5-15(10)12(18)16(9)24-25(19,20)21/h8-10,13H,1-7H2,(H,14,17)(H,19,20,21)/t8?,9-,10+/m1/s1. The number of rotatable bonds is 6. The van der Waals surface area contributed by atoms with Crippen molar-refractivity contribution in [2.24, 2.45) is 0 Å². The third-order valence-corrected chi connectivity index (χ3v) is 4.60. The first-order chi connectivity index (χ1) is 11.8. The van der Waals surface area contributed by atoms with Gasteiger partial charge in [-0.2, -0.15) is 13.5 Å². The van der Waals surface area contributed by atoms with Gasteiger partial charge in [0, 0.05) is 13.1 Å². The van der Waals surface area contributed by atoms with Crippen LogP contribution in [0.1, 0.15) is 12.8 Å². The highest BCUT2D eigenvalue weighted by Gasteiger charge is 2.49. The first-order valence-corrected chi connectivity index (χ1v) is 9.21. The summed E-state index contributed by atoms with van der Waals surface area (Å²) in [6.07, 6.45) is 0.676. The summed E-state index contributed by atoms with van der Waals surface area (Å²) in [5.41, 5.74) is 2.31. The van der Waals surface area contributed by atoms with Gasteiger partial charge in [0.25, 0.3) is 5.91 Å². The first-order valence-electron chi connectivity index (χ1n) is 7.85. The van der Waals surface area contributed by atoms with Crippen LogP contribution in [0.2, 0.25) is 0 Å². The van der Waals surface area contributed by atoms with Gasteiger partial charge in [-0.15, -0.1) is 4.28 Å². The molecule has 0 aromatic heterocycles. The van der Waals surface area contributed by atoms with E-state index in [0.29, 0.717) is 37.7 Å². The van der Waals surface area contributed by atoms with Crippen molar-refractivity contribution in [3.05, 3.63) is 0 Å². The molecule has 3 aliphatic rings. The summed E-state index contributed by atoms with van der Waals surface area (Å²) in [5.74, 6) is -0.503. The number of piperidine rings is 1. The molecule has 142 valence electrons. The molecule has 3 saturated heterocycles. The molecular weight excluding hydrogens is 360 g/mol. The number of hydrogen-bond donors (Lipinski definition) is 3. The number of hydroxylamine groups is 3. The minimum atomic E-state index is -4.81. The Kier molecular flexibility index (Phi) is 5.41. The van der Waals surface area contributed by atoms with Crippen molar-refractivity contribution in [3.8, 4) is 0 Å². The molecule has 3 heterocycles. The predicted molar refractivity (Wildman–Crippen MR) is 80.1 cm³/mol. The average Bonchev–Trinajstić information content (AvgIpc) is 2.79. The van der Waals surface area contributed by atoms with Crippen LogP contribution in [0.3, 0.4) is 0 Å². The zero-order valence-electron chi connectivity index (χ0n) is 13.3. The molecule has 1 unspecified atom stereocenters. The molecule has 25 heavy (non-hydrogen) atoms. The normalized spacial score (nSPS) is 29.8. The Labute approximate surface area is 144 Å². The molecule has 12 nitrogen and oxygen atoms in total. The molecule has 3 fully saturated rings. The van der Waals surface area contributed by atoms with Crippen molar-refractivity contribution in [2.45, 2.75) is 31.0 Å². The minimum Gasteiger partial charge on any atom is -0.378 e. The van der Waals surface area contributed by atoms with Crippen LogP contribution >= 0.6 is 0 Å². The summed E-state index contributed by atoms with van der Waals surface area (Å²) in [4.78, 5) is 30.8. The minimum absolute atomic E-state index is 0.0307. The van der Waals surface area contributed by atoms with Gasteiger partial charge in [0.15, 0.2) is 0 Å². The summed E-state index contributed by atoms with van der Waals surface area (Å²) in [6.45, 7) is 2.16. The number of carbonyl (C=O) groups is 2. The van der Waals surface area contributed by atoms with Gasteiger partial charge >= 0.3 is 16.4 Å². The SMILES string of the molecule is O=C(NOCC1COCCN1)[C@@H]1CC[C@@H]2CN1C(=O)N2OS(=O)(=O)O. The molecule has 0 spiro atoms. The number of hydrogen-bond acceptors (Lipinski definition) is 8. The van der Waals surface area contributed by atoms with Crippen LogP contribution < -0.4 is 10.8 Å². The van der Waals surface area contributed by atoms with Gasteiger partial charge in [-0.25, -0.2) is 10.3 Å². The average molecular weight is 380 g/mol. The second kappa shape index (κ2) is 7.39. The van der Waals surface area contributed by atoms with Crippen molar-refractivity contribution in [2.75, 3.05) is 32.9 Å². The lowest BCUT2D eigenvalue weighted by Gasteiger charge is -2.29. The molecule has 0 saturated carbocycles. The van der Waals surface area contributed by atoms with Crippen LogP contribution in [0, 0.1) is 0 Å². The molecule has 0 aromatic rings. The van der Waals surface area contributed by atoms with Crippen LogP contribution in [-0.2, 0) is 29.1 Å². The lowest BCUT2D eigenvalue weighted by molar-refractivity contribution is -0.140. The van der Waals surface area contributed by atoms with Crippen LogP contribution in [0.5, 0.6) is 0 Å². The number of fused-ring (bicyclic) bond motifs is 2. The van der Waals surface area contributed by atoms with Crippen LogP contribution in [0.4, 0.5) is 4.79 Å². The van der Waals surface area contributed by atoms with E-state index in [-0.39, 0.29) is 19.2 Å². The second-order valence-corrected chi connectivity index (χ2v) is 7.02. The van der Waals surface area contributed by atoms with Crippen LogP contribution in [0.15, 0.2) is 0 Å². The smallest absolute Gasteiger partial charge is 0.378 e. The number of nitrogens with zero attached hydrogens (tertiary/aromatic N) is 2. The first kappa shape index (κ1) is 18.3. The fraction of sp³-hybridized carbons (Fsp3) is 0.833. The monoisotopic (exact) mass is 380 g/mol. The molecular formula is C12H20N4O8S. The van der Waals surface area contributed by atoms with Crippen molar-refractivity contribution in [3.63, 3.8) is 0 Å². The highest BCUT2D eigenvalue weighted by Crippen LogP contribution is 2.30. The van der Waals surface area contributed by atoms with Crippen molar-refractivity contribution in [1.82, 2.24) is 20.8 Å². The molecule has 0 radical (unpaired) electrons. The Hall–Kier alpha value is -1.51. The fourth-order valence-electron chi connectivity index (χ4n) is 3.11. The maximum atomic E-state index is 12.3. The van der Waals surface area contributed by atoms with E-state index in [1.807, 2.05) is 0 Å². The summed E-state index contributed by atoms with van der Waals surface area (Å²) in [6, 6.07) is -2.16. The second-order valence-electron chi connectivity index (χ2n) is 6.01. The number of carbonyl (C=O) groups excluding carboxylic acids is 2. The van der Waals surface area contributed by atoms with E-state index >= 15 is 0 Å². The molecule has 3 rings (SSSR count). The van der Waals surface area contributed by atoms with E-state index < -0.39 is 34.4 Å². The molecule has 0 aliphatic carbocycles. The lowest BCUT2D eigenvalue weighted by Crippen LogP contribution is -2.51. The highest BCUT2D eigenvalue weighted by atomic mass is 32.3. The van der Waals surface area contributed by atoms with Gasteiger partial charge < -0.3 is 15.0 Å². The third-order valence-electron chi connectivity index (χ3n) is 4.26. The largest absolute Gasteiger partial charge is 0.418 e. The van der Waals surface area contributed by atoms with E-state index in [4.69, 9.17) is 14.1 Å². The summed E-state index contributed by atoms with van der Waals surface area (Å²) in [5, 5.41) is 3.75. The van der Waals surface area contributed by atoms with E-state index in [0.717, 1.165) is 0 Å².